The molecule has 0 saturated carbocycles. The van der Waals surface area contributed by atoms with Gasteiger partial charge in [-0.25, -0.2) is 4.98 Å². The first kappa shape index (κ1) is 8.49. The van der Waals surface area contributed by atoms with Gasteiger partial charge >= 0.3 is 0 Å². The van der Waals surface area contributed by atoms with Gasteiger partial charge < -0.3 is 10.3 Å². The highest BCUT2D eigenvalue weighted by molar-refractivity contribution is 5.92. The first-order valence-corrected chi connectivity index (χ1v) is 3.95. The summed E-state index contributed by atoms with van der Waals surface area (Å²) in [6.07, 6.45) is 1.57. The van der Waals surface area contributed by atoms with Gasteiger partial charge in [-0.15, -0.1) is 0 Å². The second kappa shape index (κ2) is 2.69. The van der Waals surface area contributed by atoms with Crippen LogP contribution in [0.5, 0.6) is 0 Å². The normalized spacial score (nSPS) is 10.6. The van der Waals surface area contributed by atoms with Crippen LogP contribution in [0.15, 0.2) is 18.5 Å². The molecule has 0 fully saturated rings. The number of fused-ring (bicyclic) bond motifs is 1. The summed E-state index contributed by atoms with van der Waals surface area (Å²) in [5, 5.41) is 10.6. The van der Waals surface area contributed by atoms with Gasteiger partial charge in [0.25, 0.3) is 5.69 Å². The summed E-state index contributed by atoms with van der Waals surface area (Å²) in [4.78, 5) is 14.1. The molecule has 6 heteroatoms. The molecule has 0 spiro atoms. The van der Waals surface area contributed by atoms with Gasteiger partial charge in [-0.05, 0) is 6.07 Å². The van der Waals surface area contributed by atoms with E-state index >= 15 is 0 Å². The zero-order valence-corrected chi connectivity index (χ0v) is 7.47. The molecule has 1 heterocycles. The summed E-state index contributed by atoms with van der Waals surface area (Å²) in [5.41, 5.74) is 7.00. The van der Waals surface area contributed by atoms with Crippen molar-refractivity contribution in [2.75, 3.05) is 5.73 Å². The molecule has 1 aromatic carbocycles. The highest BCUT2D eigenvalue weighted by atomic mass is 16.6. The minimum atomic E-state index is -0.498. The predicted octanol–water partition coefficient (Wildman–Crippen LogP) is 1.06. The van der Waals surface area contributed by atoms with Crippen LogP contribution >= 0.6 is 0 Å². The van der Waals surface area contributed by atoms with Gasteiger partial charge in [0.1, 0.15) is 5.69 Å². The third kappa shape index (κ3) is 1.00. The van der Waals surface area contributed by atoms with E-state index in [-0.39, 0.29) is 11.4 Å². The molecule has 2 aromatic rings. The molecule has 2 rings (SSSR count). The first-order chi connectivity index (χ1) is 6.61. The number of nitrogen functional groups attached to an aromatic ring is 1. The second-order valence-corrected chi connectivity index (χ2v) is 2.98. The number of benzene rings is 1. The lowest BCUT2D eigenvalue weighted by molar-refractivity contribution is -0.383. The lowest BCUT2D eigenvalue weighted by atomic mass is 10.2. The van der Waals surface area contributed by atoms with E-state index in [9.17, 15) is 10.1 Å². The van der Waals surface area contributed by atoms with Crippen LogP contribution in [0, 0.1) is 10.1 Å². The number of nitro groups is 1. The summed E-state index contributed by atoms with van der Waals surface area (Å²) >= 11 is 0. The highest BCUT2D eigenvalue weighted by Gasteiger charge is 2.16. The lowest BCUT2D eigenvalue weighted by Crippen LogP contribution is -1.98. The predicted molar refractivity (Wildman–Crippen MR) is 51.8 cm³/mol. The van der Waals surface area contributed by atoms with Crippen molar-refractivity contribution in [1.29, 1.82) is 0 Å². The van der Waals surface area contributed by atoms with Gasteiger partial charge in [0.2, 0.25) is 0 Å². The summed E-state index contributed by atoms with van der Waals surface area (Å²) in [5.74, 6) is 0. The summed E-state index contributed by atoms with van der Waals surface area (Å²) < 4.78 is 1.66. The summed E-state index contributed by atoms with van der Waals surface area (Å²) in [6.45, 7) is 0. The third-order valence-corrected chi connectivity index (χ3v) is 2.09. The zero-order chi connectivity index (χ0) is 10.3. The molecule has 2 N–H and O–H groups in total. The Morgan fingerprint density at radius 1 is 1.57 bits per heavy atom. The van der Waals surface area contributed by atoms with Crippen LogP contribution in [0.25, 0.3) is 11.0 Å². The van der Waals surface area contributed by atoms with Crippen molar-refractivity contribution in [1.82, 2.24) is 9.55 Å². The van der Waals surface area contributed by atoms with Crippen LogP contribution in [0.4, 0.5) is 11.4 Å². The highest BCUT2D eigenvalue weighted by Crippen LogP contribution is 2.28. The van der Waals surface area contributed by atoms with Crippen LogP contribution in [0.3, 0.4) is 0 Å². The largest absolute Gasteiger partial charge is 0.391 e. The van der Waals surface area contributed by atoms with Crippen LogP contribution in [-0.2, 0) is 7.05 Å². The average molecular weight is 192 g/mol. The molecule has 0 aliphatic rings. The van der Waals surface area contributed by atoms with Crippen molar-refractivity contribution >= 4 is 22.4 Å². The maximum atomic E-state index is 10.6. The summed E-state index contributed by atoms with van der Waals surface area (Å²) in [7, 11) is 1.75. The molecule has 72 valence electrons. The molecule has 0 aliphatic heterocycles. The summed E-state index contributed by atoms with van der Waals surface area (Å²) in [6, 6.07) is 2.95. The molecule has 14 heavy (non-hydrogen) atoms. The number of hydrogen-bond donors (Lipinski definition) is 1. The van der Waals surface area contributed by atoms with Crippen LogP contribution in [0.2, 0.25) is 0 Å². The van der Waals surface area contributed by atoms with Crippen molar-refractivity contribution in [3.05, 3.63) is 28.6 Å². The molecule has 0 amide bonds. The van der Waals surface area contributed by atoms with Crippen molar-refractivity contribution < 1.29 is 4.92 Å². The molecule has 1 aromatic heterocycles. The van der Waals surface area contributed by atoms with Crippen molar-refractivity contribution in [2.45, 2.75) is 0 Å². The number of imidazole rings is 1. The molecule has 0 saturated heterocycles. The fraction of sp³-hybridized carbons (Fsp3) is 0.125. The van der Waals surface area contributed by atoms with E-state index in [0.29, 0.717) is 11.0 Å². The van der Waals surface area contributed by atoms with Gasteiger partial charge in [0.05, 0.1) is 22.3 Å². The van der Waals surface area contributed by atoms with Crippen LogP contribution in [-0.4, -0.2) is 14.5 Å². The number of aryl methyl sites for hydroxylation is 1. The van der Waals surface area contributed by atoms with E-state index in [1.165, 1.54) is 6.07 Å². The molecule has 0 aliphatic carbocycles. The Balaban J connectivity index is 2.86. The van der Waals surface area contributed by atoms with Gasteiger partial charge in [-0.1, -0.05) is 0 Å². The van der Waals surface area contributed by atoms with Gasteiger partial charge in [-0.3, -0.25) is 10.1 Å². The minimum Gasteiger partial charge on any atom is -0.391 e. The van der Waals surface area contributed by atoms with Gasteiger partial charge in [0.15, 0.2) is 0 Å². The van der Waals surface area contributed by atoms with E-state index in [1.54, 1.807) is 24.0 Å². The minimum absolute atomic E-state index is 0.0823. The Hall–Kier alpha value is -2.11. The van der Waals surface area contributed by atoms with E-state index in [2.05, 4.69) is 4.98 Å². The SMILES string of the molecule is Cn1cnc2ccc([N+](=O)[O-])c(N)c21. The van der Waals surface area contributed by atoms with E-state index in [4.69, 9.17) is 5.73 Å². The van der Waals surface area contributed by atoms with Crippen LogP contribution < -0.4 is 5.73 Å². The van der Waals surface area contributed by atoms with Crippen LogP contribution in [0.1, 0.15) is 0 Å². The molecule has 0 unspecified atom stereocenters. The lowest BCUT2D eigenvalue weighted by Gasteiger charge is -2.00. The Labute approximate surface area is 79.1 Å². The average Bonchev–Trinajstić information content (AvgIpc) is 2.48. The molecule has 0 bridgehead atoms. The zero-order valence-electron chi connectivity index (χ0n) is 7.47. The van der Waals surface area contributed by atoms with E-state index < -0.39 is 4.92 Å². The first-order valence-electron chi connectivity index (χ1n) is 3.95. The maximum absolute atomic E-state index is 10.6. The molecular weight excluding hydrogens is 184 g/mol. The monoisotopic (exact) mass is 192 g/mol. The molecular formula is C8H8N4O2. The number of hydrogen-bond acceptors (Lipinski definition) is 4. The quantitative estimate of drug-likeness (QED) is 0.415. The standard InChI is InChI=1S/C8H8N4O2/c1-11-4-10-5-2-3-6(12(13)14)7(9)8(5)11/h2-4H,9H2,1H3. The van der Waals surface area contributed by atoms with E-state index in [1.807, 2.05) is 0 Å². The molecule has 6 nitrogen and oxygen atoms in total. The van der Waals surface area contributed by atoms with E-state index in [0.717, 1.165) is 0 Å². The van der Waals surface area contributed by atoms with Crippen molar-refractivity contribution in [3.63, 3.8) is 0 Å². The number of nitrogens with two attached hydrogens (primary N) is 1. The van der Waals surface area contributed by atoms with Gasteiger partial charge in [-0.2, -0.15) is 0 Å². The molecule has 0 radical (unpaired) electrons. The topological polar surface area (TPSA) is 87.0 Å². The Morgan fingerprint density at radius 2 is 2.29 bits per heavy atom. The Bertz CT molecular complexity index is 517. The Morgan fingerprint density at radius 3 is 2.93 bits per heavy atom. The van der Waals surface area contributed by atoms with Crippen molar-refractivity contribution in [3.8, 4) is 0 Å². The fourth-order valence-corrected chi connectivity index (χ4v) is 1.43. The third-order valence-electron chi connectivity index (χ3n) is 2.09. The number of anilines is 1. The van der Waals surface area contributed by atoms with Gasteiger partial charge in [0, 0.05) is 13.1 Å². The maximum Gasteiger partial charge on any atom is 0.294 e. The number of rotatable bonds is 1. The number of aromatic nitrogens is 2. The second-order valence-electron chi connectivity index (χ2n) is 2.98. The molecule has 0 atom stereocenters. The fourth-order valence-electron chi connectivity index (χ4n) is 1.43. The number of nitro benzene ring substituents is 1. The number of nitrogens with zero attached hydrogens (tertiary/aromatic N) is 3. The smallest absolute Gasteiger partial charge is 0.294 e. The Kier molecular flexibility index (Phi) is 1.63. The van der Waals surface area contributed by atoms with Crippen molar-refractivity contribution in [2.24, 2.45) is 7.05 Å².